The van der Waals surface area contributed by atoms with Gasteiger partial charge in [-0.1, -0.05) is 29.3 Å². The van der Waals surface area contributed by atoms with E-state index in [9.17, 15) is 4.79 Å². The van der Waals surface area contributed by atoms with E-state index < -0.39 is 0 Å². The van der Waals surface area contributed by atoms with Crippen LogP contribution in [0.15, 0.2) is 23.6 Å². The Bertz CT molecular complexity index is 612. The number of carbonyl (C=O) groups excluding carboxylic acids is 1. The van der Waals surface area contributed by atoms with Crippen molar-refractivity contribution < 1.29 is 4.79 Å². The van der Waals surface area contributed by atoms with Gasteiger partial charge in [0.25, 0.3) is 5.91 Å². The molecule has 6 heteroatoms. The van der Waals surface area contributed by atoms with Crippen LogP contribution in [0.4, 0.5) is 5.69 Å². The molecule has 0 bridgehead atoms. The second-order valence-corrected chi connectivity index (χ2v) is 7.24. The number of amides is 1. The van der Waals surface area contributed by atoms with Gasteiger partial charge in [-0.25, -0.2) is 0 Å². The van der Waals surface area contributed by atoms with E-state index in [2.05, 4.69) is 27.9 Å². The molecule has 18 heavy (non-hydrogen) atoms. The van der Waals surface area contributed by atoms with Crippen LogP contribution < -0.4 is 5.32 Å². The van der Waals surface area contributed by atoms with Crippen LogP contribution in [0.1, 0.15) is 15.9 Å². The van der Waals surface area contributed by atoms with Crippen molar-refractivity contribution >= 4 is 68.7 Å². The first-order valence-corrected chi connectivity index (χ1v) is 7.70. The highest BCUT2D eigenvalue weighted by Gasteiger charge is 2.14. The van der Waals surface area contributed by atoms with Crippen LogP contribution in [-0.2, 0) is 0 Å². The summed E-state index contributed by atoms with van der Waals surface area (Å²) in [5, 5.41) is 5.46. The Hall–Kier alpha value is -0.300. The van der Waals surface area contributed by atoms with Crippen molar-refractivity contribution in [2.24, 2.45) is 0 Å². The average molecular weight is 412 g/mol. The van der Waals surface area contributed by atoms with Gasteiger partial charge in [0, 0.05) is 5.38 Å². The minimum atomic E-state index is -0.205. The number of anilines is 1. The molecule has 0 saturated heterocycles. The summed E-state index contributed by atoms with van der Waals surface area (Å²) in [5.41, 5.74) is 1.94. The minimum Gasteiger partial charge on any atom is -0.319 e. The summed E-state index contributed by atoms with van der Waals surface area (Å²) in [5.74, 6) is -0.205. The van der Waals surface area contributed by atoms with E-state index in [1.807, 2.05) is 19.1 Å². The number of aryl methyl sites for hydroxylation is 1. The molecular weight excluding hydrogens is 404 g/mol. The number of nitrogens with one attached hydrogen (secondary N) is 1. The zero-order valence-corrected chi connectivity index (χ0v) is 13.7. The molecule has 2 aromatic rings. The Balaban J connectivity index is 2.30. The predicted octanol–water partition coefficient (Wildman–Crippen LogP) is 5.22. The first kappa shape index (κ1) is 14.1. The molecule has 0 unspecified atom stereocenters. The fraction of sp³-hybridized carbons (Fsp3) is 0.0833. The van der Waals surface area contributed by atoms with Crippen LogP contribution in [0, 0.1) is 9.81 Å². The van der Waals surface area contributed by atoms with Crippen LogP contribution >= 0.6 is 57.1 Å². The van der Waals surface area contributed by atoms with Crippen LogP contribution in [0.2, 0.25) is 10.0 Å². The van der Waals surface area contributed by atoms with E-state index >= 15 is 0 Å². The van der Waals surface area contributed by atoms with E-state index in [4.69, 9.17) is 23.2 Å². The van der Waals surface area contributed by atoms with E-state index in [1.165, 1.54) is 11.3 Å². The second-order valence-electron chi connectivity index (χ2n) is 3.65. The lowest BCUT2D eigenvalue weighted by molar-refractivity contribution is 0.102. The van der Waals surface area contributed by atoms with Crippen LogP contribution in [-0.4, -0.2) is 5.91 Å². The van der Waals surface area contributed by atoms with Gasteiger partial charge in [0.2, 0.25) is 0 Å². The van der Waals surface area contributed by atoms with Crippen LogP contribution in [0.5, 0.6) is 0 Å². The summed E-state index contributed by atoms with van der Waals surface area (Å²) < 4.78 is 1.05. The normalized spacial score (nSPS) is 10.4. The molecule has 2 nitrogen and oxygen atoms in total. The lowest BCUT2D eigenvalue weighted by Crippen LogP contribution is -2.11. The van der Waals surface area contributed by atoms with Crippen molar-refractivity contribution in [1.29, 1.82) is 0 Å². The summed E-state index contributed by atoms with van der Waals surface area (Å²) in [6.45, 7) is 1.86. The molecule has 0 aliphatic rings. The van der Waals surface area contributed by atoms with E-state index in [-0.39, 0.29) is 5.91 Å². The molecule has 1 aromatic heterocycles. The Morgan fingerprint density at radius 1 is 1.39 bits per heavy atom. The van der Waals surface area contributed by atoms with E-state index in [0.29, 0.717) is 21.3 Å². The van der Waals surface area contributed by atoms with Gasteiger partial charge in [-0.05, 0) is 47.2 Å². The predicted molar refractivity (Wildman–Crippen MR) is 86.2 cm³/mol. The fourth-order valence-corrected chi connectivity index (χ4v) is 3.18. The van der Waals surface area contributed by atoms with Gasteiger partial charge in [-0.3, -0.25) is 4.79 Å². The molecular formula is C12H8Cl2INOS. The third-order valence-electron chi connectivity index (χ3n) is 2.35. The first-order valence-electron chi connectivity index (χ1n) is 4.99. The molecule has 0 atom stereocenters. The highest BCUT2D eigenvalue weighted by atomic mass is 127. The molecule has 0 spiro atoms. The van der Waals surface area contributed by atoms with Crippen molar-refractivity contribution in [1.82, 2.24) is 0 Å². The van der Waals surface area contributed by atoms with Crippen molar-refractivity contribution in [2.75, 3.05) is 5.32 Å². The number of benzene rings is 1. The number of carbonyl (C=O) groups is 1. The summed E-state index contributed by atoms with van der Waals surface area (Å²) in [7, 11) is 0. The van der Waals surface area contributed by atoms with Gasteiger partial charge in [-0.2, -0.15) is 0 Å². The summed E-state index contributed by atoms with van der Waals surface area (Å²) >= 11 is 15.9. The summed E-state index contributed by atoms with van der Waals surface area (Å²) in [6.07, 6.45) is 0. The standard InChI is InChI=1S/C12H8Cl2INOS/c1-6-2-3-8(13)11(10(6)14)16-12(17)7-4-9(15)18-5-7/h2-5H,1H3,(H,16,17). The molecule has 1 heterocycles. The van der Waals surface area contributed by atoms with Crippen molar-refractivity contribution in [3.8, 4) is 0 Å². The SMILES string of the molecule is Cc1ccc(Cl)c(NC(=O)c2csc(I)c2)c1Cl. The van der Waals surface area contributed by atoms with Gasteiger partial charge < -0.3 is 5.32 Å². The number of halogens is 3. The quantitative estimate of drug-likeness (QED) is 0.674. The largest absolute Gasteiger partial charge is 0.319 e. The summed E-state index contributed by atoms with van der Waals surface area (Å²) in [4.78, 5) is 12.0. The topological polar surface area (TPSA) is 29.1 Å². The Morgan fingerprint density at radius 3 is 2.72 bits per heavy atom. The Morgan fingerprint density at radius 2 is 2.11 bits per heavy atom. The molecule has 0 radical (unpaired) electrons. The van der Waals surface area contributed by atoms with Crippen LogP contribution in [0.3, 0.4) is 0 Å². The van der Waals surface area contributed by atoms with Gasteiger partial charge in [0.05, 0.1) is 24.2 Å². The number of rotatable bonds is 2. The zero-order valence-electron chi connectivity index (χ0n) is 9.26. The lowest BCUT2D eigenvalue weighted by atomic mass is 10.2. The van der Waals surface area contributed by atoms with Crippen molar-refractivity contribution in [3.05, 3.63) is 47.6 Å². The molecule has 0 fully saturated rings. The number of thiophene rings is 1. The number of hydrogen-bond donors (Lipinski definition) is 1. The molecule has 1 N–H and O–H groups in total. The van der Waals surface area contributed by atoms with E-state index in [1.54, 1.807) is 11.4 Å². The molecule has 1 aromatic carbocycles. The van der Waals surface area contributed by atoms with Crippen molar-refractivity contribution in [2.45, 2.75) is 6.92 Å². The van der Waals surface area contributed by atoms with Gasteiger partial charge >= 0.3 is 0 Å². The first-order chi connectivity index (χ1) is 8.49. The van der Waals surface area contributed by atoms with Gasteiger partial charge in [0.1, 0.15) is 0 Å². The minimum absolute atomic E-state index is 0.205. The molecule has 0 aliphatic heterocycles. The number of hydrogen-bond acceptors (Lipinski definition) is 2. The zero-order chi connectivity index (χ0) is 13.3. The van der Waals surface area contributed by atoms with E-state index in [0.717, 1.165) is 8.45 Å². The Labute approximate surface area is 132 Å². The molecule has 0 saturated carbocycles. The smallest absolute Gasteiger partial charge is 0.256 e. The average Bonchev–Trinajstić information content (AvgIpc) is 2.76. The maximum absolute atomic E-state index is 12.0. The maximum Gasteiger partial charge on any atom is 0.256 e. The van der Waals surface area contributed by atoms with Crippen LogP contribution in [0.25, 0.3) is 0 Å². The lowest BCUT2D eigenvalue weighted by Gasteiger charge is -2.10. The second kappa shape index (κ2) is 5.77. The summed E-state index contributed by atoms with van der Waals surface area (Å²) in [6, 6.07) is 5.35. The molecule has 0 aliphatic carbocycles. The monoisotopic (exact) mass is 411 g/mol. The highest BCUT2D eigenvalue weighted by molar-refractivity contribution is 14.1. The fourth-order valence-electron chi connectivity index (χ4n) is 1.39. The molecule has 2 rings (SSSR count). The Kier molecular flexibility index (Phi) is 4.53. The molecule has 1 amide bonds. The van der Waals surface area contributed by atoms with Crippen molar-refractivity contribution in [3.63, 3.8) is 0 Å². The van der Waals surface area contributed by atoms with Gasteiger partial charge in [-0.15, -0.1) is 11.3 Å². The maximum atomic E-state index is 12.0. The third kappa shape index (κ3) is 2.99. The highest BCUT2D eigenvalue weighted by Crippen LogP contribution is 2.33. The van der Waals surface area contributed by atoms with Gasteiger partial charge in [0.15, 0.2) is 0 Å². The molecule has 94 valence electrons. The third-order valence-corrected chi connectivity index (χ3v) is 4.94.